The van der Waals surface area contributed by atoms with E-state index >= 15 is 0 Å². The summed E-state index contributed by atoms with van der Waals surface area (Å²) in [6.07, 6.45) is 0. The third-order valence-electron chi connectivity index (χ3n) is 3.52. The quantitative estimate of drug-likeness (QED) is 0.916. The minimum absolute atomic E-state index is 0.188. The molecule has 1 aliphatic heterocycles. The lowest BCUT2D eigenvalue weighted by atomic mass is 10.0. The zero-order chi connectivity index (χ0) is 13.9. The van der Waals surface area contributed by atoms with Gasteiger partial charge in [0.2, 0.25) is 0 Å². The number of benzene rings is 2. The molecule has 104 valence electrons. The molecule has 4 heteroatoms. The third-order valence-corrected chi connectivity index (χ3v) is 4.60. The molecular formula is C16H15F2NS. The Hall–Kier alpha value is -1.39. The van der Waals surface area contributed by atoms with E-state index in [9.17, 15) is 8.78 Å². The van der Waals surface area contributed by atoms with Gasteiger partial charge in [-0.05, 0) is 29.3 Å². The molecule has 0 aliphatic carbocycles. The molecule has 0 bridgehead atoms. The van der Waals surface area contributed by atoms with Crippen LogP contribution in [0, 0.1) is 11.6 Å². The largest absolute Gasteiger partial charge is 0.305 e. The molecular weight excluding hydrogens is 276 g/mol. The molecule has 1 unspecified atom stereocenters. The molecule has 0 spiro atoms. The Balaban J connectivity index is 1.75. The minimum atomic E-state index is -0.401. The Labute approximate surface area is 121 Å². The van der Waals surface area contributed by atoms with Crippen LogP contribution >= 0.6 is 11.8 Å². The molecule has 0 saturated carbocycles. The molecule has 1 N–H and O–H groups in total. The van der Waals surface area contributed by atoms with Crippen molar-refractivity contribution in [1.82, 2.24) is 5.32 Å². The van der Waals surface area contributed by atoms with E-state index in [1.807, 2.05) is 23.9 Å². The number of halogens is 2. The topological polar surface area (TPSA) is 12.0 Å². The summed E-state index contributed by atoms with van der Waals surface area (Å²) < 4.78 is 26.8. The molecule has 0 aromatic heterocycles. The third kappa shape index (κ3) is 2.86. The van der Waals surface area contributed by atoms with Crippen LogP contribution in [0.3, 0.4) is 0 Å². The van der Waals surface area contributed by atoms with Crippen LogP contribution in [0.1, 0.15) is 22.7 Å². The number of thioether (sulfide) groups is 1. The first-order valence-electron chi connectivity index (χ1n) is 6.57. The highest BCUT2D eigenvalue weighted by atomic mass is 32.2. The van der Waals surface area contributed by atoms with Crippen molar-refractivity contribution in [2.24, 2.45) is 0 Å². The van der Waals surface area contributed by atoms with Gasteiger partial charge in [0, 0.05) is 29.7 Å². The van der Waals surface area contributed by atoms with Gasteiger partial charge in [0.1, 0.15) is 11.6 Å². The second kappa shape index (κ2) is 5.94. The predicted octanol–water partition coefficient (Wildman–Crippen LogP) is 4.04. The maximum Gasteiger partial charge on any atom is 0.127 e. The van der Waals surface area contributed by atoms with Crippen LogP contribution < -0.4 is 5.32 Å². The normalized spacial score (nSPS) is 17.8. The number of hydrogen-bond acceptors (Lipinski definition) is 2. The standard InChI is InChI=1S/C16H15F2NS/c17-13-5-6-15(18)12(7-13)8-19-16-10-20-9-11-3-1-2-4-14(11)16/h1-7,16,19H,8-10H2. The van der Waals surface area contributed by atoms with Gasteiger partial charge >= 0.3 is 0 Å². The Morgan fingerprint density at radius 1 is 1.15 bits per heavy atom. The van der Waals surface area contributed by atoms with E-state index in [2.05, 4.69) is 17.4 Å². The van der Waals surface area contributed by atoms with E-state index < -0.39 is 5.82 Å². The first kappa shape index (κ1) is 13.6. The van der Waals surface area contributed by atoms with Gasteiger partial charge in [-0.3, -0.25) is 0 Å². The molecule has 0 saturated heterocycles. The minimum Gasteiger partial charge on any atom is -0.305 e. The lowest BCUT2D eigenvalue weighted by molar-refractivity contribution is 0.536. The maximum absolute atomic E-state index is 13.6. The van der Waals surface area contributed by atoms with Gasteiger partial charge in [-0.2, -0.15) is 11.8 Å². The highest BCUT2D eigenvalue weighted by Gasteiger charge is 2.19. The Morgan fingerprint density at radius 3 is 2.90 bits per heavy atom. The van der Waals surface area contributed by atoms with Crippen LogP contribution in [0.4, 0.5) is 8.78 Å². The molecule has 1 atom stereocenters. The van der Waals surface area contributed by atoms with Gasteiger partial charge in [-0.25, -0.2) is 8.78 Å². The van der Waals surface area contributed by atoms with Gasteiger partial charge in [-0.15, -0.1) is 0 Å². The van der Waals surface area contributed by atoms with Crippen molar-refractivity contribution in [3.8, 4) is 0 Å². The van der Waals surface area contributed by atoms with E-state index in [4.69, 9.17) is 0 Å². The van der Waals surface area contributed by atoms with Crippen molar-refractivity contribution in [3.63, 3.8) is 0 Å². The second-order valence-electron chi connectivity index (χ2n) is 4.88. The summed E-state index contributed by atoms with van der Waals surface area (Å²) in [7, 11) is 0. The smallest absolute Gasteiger partial charge is 0.127 e. The molecule has 20 heavy (non-hydrogen) atoms. The molecule has 3 rings (SSSR count). The van der Waals surface area contributed by atoms with E-state index in [-0.39, 0.29) is 11.9 Å². The molecule has 1 heterocycles. The first-order valence-corrected chi connectivity index (χ1v) is 7.72. The monoisotopic (exact) mass is 291 g/mol. The van der Waals surface area contributed by atoms with E-state index in [1.54, 1.807) is 0 Å². The molecule has 0 amide bonds. The number of hydrogen-bond donors (Lipinski definition) is 1. The summed E-state index contributed by atoms with van der Waals surface area (Å²) in [4.78, 5) is 0. The van der Waals surface area contributed by atoms with Crippen LogP contribution in [-0.4, -0.2) is 5.75 Å². The number of nitrogens with one attached hydrogen (secondary N) is 1. The van der Waals surface area contributed by atoms with Gasteiger partial charge in [-0.1, -0.05) is 24.3 Å². The molecule has 0 fully saturated rings. The van der Waals surface area contributed by atoms with E-state index in [0.717, 1.165) is 17.6 Å². The fraction of sp³-hybridized carbons (Fsp3) is 0.250. The number of rotatable bonds is 3. The Bertz CT molecular complexity index is 615. The summed E-state index contributed by atoms with van der Waals surface area (Å²) >= 11 is 1.86. The first-order chi connectivity index (χ1) is 9.74. The lowest BCUT2D eigenvalue weighted by Gasteiger charge is -2.26. The SMILES string of the molecule is Fc1ccc(F)c(CNC2CSCc3ccccc32)c1. The van der Waals surface area contributed by atoms with Crippen LogP contribution in [0.15, 0.2) is 42.5 Å². The average Bonchev–Trinajstić information content (AvgIpc) is 2.48. The summed E-state index contributed by atoms with van der Waals surface area (Å²) in [5.74, 6) is 1.20. The summed E-state index contributed by atoms with van der Waals surface area (Å²) in [6.45, 7) is 0.336. The average molecular weight is 291 g/mol. The van der Waals surface area contributed by atoms with Crippen LogP contribution in [-0.2, 0) is 12.3 Å². The van der Waals surface area contributed by atoms with Crippen molar-refractivity contribution >= 4 is 11.8 Å². The fourth-order valence-corrected chi connectivity index (χ4v) is 3.60. The summed E-state index contributed by atoms with van der Waals surface area (Å²) in [5, 5.41) is 3.33. The Morgan fingerprint density at radius 2 is 2.00 bits per heavy atom. The van der Waals surface area contributed by atoms with Crippen LogP contribution in [0.2, 0.25) is 0 Å². The van der Waals surface area contributed by atoms with Crippen LogP contribution in [0.25, 0.3) is 0 Å². The van der Waals surface area contributed by atoms with Crippen molar-refractivity contribution in [1.29, 1.82) is 0 Å². The number of fused-ring (bicyclic) bond motifs is 1. The molecule has 2 aromatic rings. The van der Waals surface area contributed by atoms with E-state index in [0.29, 0.717) is 12.1 Å². The maximum atomic E-state index is 13.6. The zero-order valence-electron chi connectivity index (χ0n) is 10.9. The van der Waals surface area contributed by atoms with Crippen molar-refractivity contribution < 1.29 is 8.78 Å². The second-order valence-corrected chi connectivity index (χ2v) is 5.91. The van der Waals surface area contributed by atoms with Crippen LogP contribution in [0.5, 0.6) is 0 Å². The molecule has 2 aromatic carbocycles. The molecule has 0 radical (unpaired) electrons. The highest BCUT2D eigenvalue weighted by molar-refractivity contribution is 7.98. The fourth-order valence-electron chi connectivity index (χ4n) is 2.46. The van der Waals surface area contributed by atoms with Crippen molar-refractivity contribution in [3.05, 3.63) is 70.8 Å². The molecule has 1 nitrogen and oxygen atoms in total. The summed E-state index contributed by atoms with van der Waals surface area (Å²) in [5.41, 5.74) is 2.96. The van der Waals surface area contributed by atoms with Gasteiger partial charge in [0.25, 0.3) is 0 Å². The van der Waals surface area contributed by atoms with Crippen molar-refractivity contribution in [2.45, 2.75) is 18.3 Å². The zero-order valence-corrected chi connectivity index (χ0v) is 11.7. The predicted molar refractivity (Wildman–Crippen MR) is 78.5 cm³/mol. The Kier molecular flexibility index (Phi) is 4.03. The highest BCUT2D eigenvalue weighted by Crippen LogP contribution is 2.31. The van der Waals surface area contributed by atoms with E-state index in [1.165, 1.54) is 23.3 Å². The summed E-state index contributed by atoms with van der Waals surface area (Å²) in [6, 6.07) is 12.0. The van der Waals surface area contributed by atoms with Crippen molar-refractivity contribution in [2.75, 3.05) is 5.75 Å². The lowest BCUT2D eigenvalue weighted by Crippen LogP contribution is -2.26. The van der Waals surface area contributed by atoms with Gasteiger partial charge < -0.3 is 5.32 Å². The van der Waals surface area contributed by atoms with Gasteiger partial charge in [0.05, 0.1) is 0 Å². The van der Waals surface area contributed by atoms with Gasteiger partial charge in [0.15, 0.2) is 0 Å². The molecule has 1 aliphatic rings.